The van der Waals surface area contributed by atoms with E-state index in [1.807, 2.05) is 13.0 Å². The van der Waals surface area contributed by atoms with Crippen molar-refractivity contribution >= 4 is 0 Å². The van der Waals surface area contributed by atoms with Gasteiger partial charge >= 0.3 is 0 Å². The molecule has 0 atom stereocenters. The van der Waals surface area contributed by atoms with E-state index in [1.54, 1.807) is 6.07 Å². The van der Waals surface area contributed by atoms with Crippen LogP contribution in [0.25, 0.3) is 0 Å². The van der Waals surface area contributed by atoms with E-state index in [1.165, 1.54) is 0 Å². The van der Waals surface area contributed by atoms with Crippen molar-refractivity contribution in [3.63, 3.8) is 0 Å². The zero-order valence-corrected chi connectivity index (χ0v) is 9.16. The number of rotatable bonds is 8. The Hall–Kier alpha value is -0.840. The lowest BCUT2D eigenvalue weighted by atomic mass is 10.4. The van der Waals surface area contributed by atoms with Gasteiger partial charge in [-0.2, -0.15) is 0 Å². The number of aliphatic hydroxyl groups is 1. The van der Waals surface area contributed by atoms with E-state index in [-0.39, 0.29) is 6.61 Å². The molecule has 0 saturated carbocycles. The first-order valence-corrected chi connectivity index (χ1v) is 5.33. The summed E-state index contributed by atoms with van der Waals surface area (Å²) in [5.41, 5.74) is 0. The van der Waals surface area contributed by atoms with E-state index in [9.17, 15) is 0 Å². The Bertz CT molecular complexity index is 260. The first kappa shape index (κ1) is 12.2. The molecule has 0 unspecified atom stereocenters. The largest absolute Gasteiger partial charge is 0.462 e. The van der Waals surface area contributed by atoms with Gasteiger partial charge in [-0.05, 0) is 32.0 Å². The third kappa shape index (κ3) is 4.97. The molecule has 0 radical (unpaired) electrons. The summed E-state index contributed by atoms with van der Waals surface area (Å²) in [6.45, 7) is 5.14. The molecular formula is C11H19NO3. The van der Waals surface area contributed by atoms with Crippen LogP contribution in [0.15, 0.2) is 16.5 Å². The molecule has 1 aromatic heterocycles. The van der Waals surface area contributed by atoms with E-state index in [0.29, 0.717) is 12.3 Å². The smallest absolute Gasteiger partial charge is 0.129 e. The molecule has 0 fully saturated rings. The predicted octanol–water partition coefficient (Wildman–Crippen LogP) is 1.29. The van der Waals surface area contributed by atoms with Crippen LogP contribution in [0.3, 0.4) is 0 Å². The molecule has 0 bridgehead atoms. The zero-order chi connectivity index (χ0) is 10.9. The molecular weight excluding hydrogens is 194 g/mol. The fourth-order valence-corrected chi connectivity index (χ4v) is 1.26. The molecule has 15 heavy (non-hydrogen) atoms. The monoisotopic (exact) mass is 213 g/mol. The van der Waals surface area contributed by atoms with Crippen molar-refractivity contribution in [3.8, 4) is 0 Å². The van der Waals surface area contributed by atoms with Gasteiger partial charge in [0.25, 0.3) is 0 Å². The van der Waals surface area contributed by atoms with Crippen molar-refractivity contribution in [3.05, 3.63) is 23.7 Å². The van der Waals surface area contributed by atoms with E-state index in [4.69, 9.17) is 14.3 Å². The quantitative estimate of drug-likeness (QED) is 0.639. The first-order valence-electron chi connectivity index (χ1n) is 5.33. The third-order valence-corrected chi connectivity index (χ3v) is 2.02. The Balaban J connectivity index is 2.04. The maximum absolute atomic E-state index is 8.79. The van der Waals surface area contributed by atoms with Gasteiger partial charge in [0.2, 0.25) is 0 Å². The summed E-state index contributed by atoms with van der Waals surface area (Å²) < 4.78 is 10.5. The minimum absolute atomic E-state index is 0.0374. The van der Waals surface area contributed by atoms with Gasteiger partial charge in [0.1, 0.15) is 18.1 Å². The van der Waals surface area contributed by atoms with Crippen LogP contribution in [-0.2, 0) is 17.9 Å². The highest BCUT2D eigenvalue weighted by atomic mass is 16.5. The number of ether oxygens (including phenoxy) is 1. The molecule has 1 heterocycles. The third-order valence-electron chi connectivity index (χ3n) is 2.02. The molecule has 2 N–H and O–H groups in total. The second-order valence-electron chi connectivity index (χ2n) is 3.25. The van der Waals surface area contributed by atoms with Crippen LogP contribution in [0.2, 0.25) is 0 Å². The number of hydrogen-bond donors (Lipinski definition) is 2. The average molecular weight is 213 g/mol. The van der Waals surface area contributed by atoms with Crippen LogP contribution in [-0.4, -0.2) is 24.9 Å². The number of nitrogens with one attached hydrogen (secondary N) is 1. The Kier molecular flexibility index (Phi) is 6.08. The van der Waals surface area contributed by atoms with Gasteiger partial charge in [0.15, 0.2) is 0 Å². The first-order chi connectivity index (χ1) is 7.36. The molecule has 0 amide bonds. The van der Waals surface area contributed by atoms with E-state index in [0.717, 1.165) is 31.9 Å². The Morgan fingerprint density at radius 3 is 2.87 bits per heavy atom. The summed E-state index contributed by atoms with van der Waals surface area (Å²) in [4.78, 5) is 0. The fourth-order valence-electron chi connectivity index (χ4n) is 1.26. The minimum Gasteiger partial charge on any atom is -0.462 e. The number of hydrogen-bond acceptors (Lipinski definition) is 4. The SMILES string of the molecule is CCOCCCNCc1ccc(CO)o1. The molecule has 0 aliphatic heterocycles. The lowest BCUT2D eigenvalue weighted by Crippen LogP contribution is -2.15. The van der Waals surface area contributed by atoms with Gasteiger partial charge in [-0.3, -0.25) is 0 Å². The summed E-state index contributed by atoms with van der Waals surface area (Å²) in [6.07, 6.45) is 1.00. The molecule has 0 spiro atoms. The van der Waals surface area contributed by atoms with Crippen molar-refractivity contribution in [2.24, 2.45) is 0 Å². The van der Waals surface area contributed by atoms with Crippen molar-refractivity contribution < 1.29 is 14.3 Å². The predicted molar refractivity (Wildman–Crippen MR) is 57.4 cm³/mol. The van der Waals surface area contributed by atoms with Gasteiger partial charge in [0, 0.05) is 13.2 Å². The van der Waals surface area contributed by atoms with Crippen LogP contribution in [0.5, 0.6) is 0 Å². The van der Waals surface area contributed by atoms with Crippen molar-refractivity contribution in [1.82, 2.24) is 5.32 Å². The number of furan rings is 1. The highest BCUT2D eigenvalue weighted by molar-refractivity contribution is 5.05. The Morgan fingerprint density at radius 1 is 1.40 bits per heavy atom. The highest BCUT2D eigenvalue weighted by Gasteiger charge is 1.99. The summed E-state index contributed by atoms with van der Waals surface area (Å²) in [7, 11) is 0. The van der Waals surface area contributed by atoms with Crippen LogP contribution in [0, 0.1) is 0 Å². The van der Waals surface area contributed by atoms with E-state index in [2.05, 4.69) is 5.32 Å². The molecule has 1 rings (SSSR count). The van der Waals surface area contributed by atoms with Crippen LogP contribution < -0.4 is 5.32 Å². The molecule has 0 aliphatic carbocycles. The summed E-state index contributed by atoms with van der Waals surface area (Å²) >= 11 is 0. The van der Waals surface area contributed by atoms with E-state index >= 15 is 0 Å². The summed E-state index contributed by atoms with van der Waals surface area (Å²) in [6, 6.07) is 3.66. The van der Waals surface area contributed by atoms with Crippen LogP contribution in [0.4, 0.5) is 0 Å². The molecule has 0 aromatic carbocycles. The maximum atomic E-state index is 8.79. The van der Waals surface area contributed by atoms with Crippen molar-refractivity contribution in [2.75, 3.05) is 19.8 Å². The van der Waals surface area contributed by atoms with Crippen molar-refractivity contribution in [2.45, 2.75) is 26.5 Å². The Labute approximate surface area is 90.2 Å². The van der Waals surface area contributed by atoms with Crippen LogP contribution in [0.1, 0.15) is 24.9 Å². The lowest BCUT2D eigenvalue weighted by molar-refractivity contribution is 0.144. The topological polar surface area (TPSA) is 54.6 Å². The molecule has 0 aliphatic rings. The lowest BCUT2D eigenvalue weighted by Gasteiger charge is -2.02. The zero-order valence-electron chi connectivity index (χ0n) is 9.16. The molecule has 4 nitrogen and oxygen atoms in total. The maximum Gasteiger partial charge on any atom is 0.129 e. The molecule has 86 valence electrons. The van der Waals surface area contributed by atoms with E-state index < -0.39 is 0 Å². The minimum atomic E-state index is -0.0374. The van der Waals surface area contributed by atoms with Gasteiger partial charge in [0.05, 0.1) is 6.54 Å². The van der Waals surface area contributed by atoms with Gasteiger partial charge in [-0.15, -0.1) is 0 Å². The van der Waals surface area contributed by atoms with Crippen LogP contribution >= 0.6 is 0 Å². The Morgan fingerprint density at radius 2 is 2.20 bits per heavy atom. The summed E-state index contributed by atoms with van der Waals surface area (Å²) in [5.74, 6) is 1.47. The van der Waals surface area contributed by atoms with Gasteiger partial charge in [-0.1, -0.05) is 0 Å². The fraction of sp³-hybridized carbons (Fsp3) is 0.636. The summed E-state index contributed by atoms with van der Waals surface area (Å²) in [5, 5.41) is 12.0. The molecule has 4 heteroatoms. The van der Waals surface area contributed by atoms with Crippen molar-refractivity contribution in [1.29, 1.82) is 0 Å². The van der Waals surface area contributed by atoms with Gasteiger partial charge in [-0.25, -0.2) is 0 Å². The second kappa shape index (κ2) is 7.45. The molecule has 1 aromatic rings. The average Bonchev–Trinajstić information content (AvgIpc) is 2.71. The standard InChI is InChI=1S/C11H19NO3/c1-2-14-7-3-6-12-8-10-4-5-11(9-13)15-10/h4-5,12-13H,2-3,6-9H2,1H3. The molecule has 0 saturated heterocycles. The number of aliphatic hydroxyl groups excluding tert-OH is 1. The highest BCUT2D eigenvalue weighted by Crippen LogP contribution is 2.06. The normalized spacial score (nSPS) is 10.8. The second-order valence-corrected chi connectivity index (χ2v) is 3.25. The van der Waals surface area contributed by atoms with Gasteiger partial charge < -0.3 is 19.6 Å².